The van der Waals surface area contributed by atoms with Crippen LogP contribution in [0.15, 0.2) is 77.0 Å². The van der Waals surface area contributed by atoms with Crippen molar-refractivity contribution in [1.29, 1.82) is 0 Å². The zero-order valence-corrected chi connectivity index (χ0v) is 21.1. The SMILES string of the molecule is Cc1ccc(C(=O)Nc2ccc(SCC(=O)Nc3nc(-c4ccc(Cl)c(Cl)c4)cs3)cc2)cc1. The van der Waals surface area contributed by atoms with Gasteiger partial charge in [0.15, 0.2) is 5.13 Å². The van der Waals surface area contributed by atoms with Gasteiger partial charge in [0.2, 0.25) is 5.91 Å². The Labute approximate surface area is 215 Å². The van der Waals surface area contributed by atoms with E-state index < -0.39 is 0 Å². The molecule has 0 aliphatic carbocycles. The maximum absolute atomic E-state index is 12.4. The van der Waals surface area contributed by atoms with Gasteiger partial charge in [0.1, 0.15) is 0 Å². The third-order valence-corrected chi connectivity index (χ3v) is 7.27. The van der Waals surface area contributed by atoms with Crippen LogP contribution in [0.1, 0.15) is 15.9 Å². The van der Waals surface area contributed by atoms with Crippen LogP contribution in [0.3, 0.4) is 0 Å². The largest absolute Gasteiger partial charge is 0.322 e. The van der Waals surface area contributed by atoms with Crippen molar-refractivity contribution in [3.63, 3.8) is 0 Å². The Balaban J connectivity index is 1.28. The minimum absolute atomic E-state index is 0.156. The van der Waals surface area contributed by atoms with E-state index in [1.54, 1.807) is 24.3 Å². The third-order valence-electron chi connectivity index (χ3n) is 4.76. The molecular formula is C25H19Cl2N3O2S2. The molecule has 2 amide bonds. The predicted molar refractivity (Wildman–Crippen MR) is 142 cm³/mol. The average molecular weight is 528 g/mol. The molecule has 0 unspecified atom stereocenters. The lowest BCUT2D eigenvalue weighted by Gasteiger charge is -2.07. The maximum atomic E-state index is 12.4. The molecule has 3 aromatic carbocycles. The van der Waals surface area contributed by atoms with E-state index in [1.165, 1.54) is 23.1 Å². The van der Waals surface area contributed by atoms with E-state index >= 15 is 0 Å². The number of hydrogen-bond donors (Lipinski definition) is 2. The Morgan fingerprint density at radius 2 is 1.68 bits per heavy atom. The summed E-state index contributed by atoms with van der Waals surface area (Å²) in [5, 5.41) is 9.00. The first-order valence-electron chi connectivity index (χ1n) is 10.2. The Morgan fingerprint density at radius 1 is 0.941 bits per heavy atom. The maximum Gasteiger partial charge on any atom is 0.255 e. The summed E-state index contributed by atoms with van der Waals surface area (Å²) in [6.45, 7) is 1.98. The number of aryl methyl sites for hydroxylation is 1. The first-order valence-corrected chi connectivity index (χ1v) is 12.8. The minimum Gasteiger partial charge on any atom is -0.322 e. The van der Waals surface area contributed by atoms with Crippen LogP contribution in [0.5, 0.6) is 0 Å². The number of nitrogens with one attached hydrogen (secondary N) is 2. The van der Waals surface area contributed by atoms with Crippen LogP contribution in [0.2, 0.25) is 10.0 Å². The number of hydrogen-bond acceptors (Lipinski definition) is 5. The van der Waals surface area contributed by atoms with Gasteiger partial charge in [0.25, 0.3) is 5.91 Å². The smallest absolute Gasteiger partial charge is 0.255 e. The molecular weight excluding hydrogens is 509 g/mol. The number of anilines is 2. The van der Waals surface area contributed by atoms with Crippen molar-refractivity contribution in [3.8, 4) is 11.3 Å². The number of thioether (sulfide) groups is 1. The number of amides is 2. The van der Waals surface area contributed by atoms with Crippen molar-refractivity contribution in [2.45, 2.75) is 11.8 Å². The molecule has 34 heavy (non-hydrogen) atoms. The van der Waals surface area contributed by atoms with E-state index in [2.05, 4.69) is 15.6 Å². The van der Waals surface area contributed by atoms with Crippen LogP contribution in [0.25, 0.3) is 11.3 Å². The second-order valence-electron chi connectivity index (χ2n) is 7.35. The van der Waals surface area contributed by atoms with Crippen LogP contribution in [-0.4, -0.2) is 22.6 Å². The third kappa shape index (κ3) is 6.39. The first-order chi connectivity index (χ1) is 16.4. The average Bonchev–Trinajstić information content (AvgIpc) is 3.29. The highest BCUT2D eigenvalue weighted by Crippen LogP contribution is 2.30. The zero-order valence-electron chi connectivity index (χ0n) is 18.0. The fourth-order valence-corrected chi connectivity index (χ4v) is 4.70. The molecule has 1 aromatic heterocycles. The topological polar surface area (TPSA) is 71.1 Å². The molecule has 0 aliphatic rings. The molecule has 0 radical (unpaired) electrons. The number of thiazole rings is 1. The molecule has 1 heterocycles. The highest BCUT2D eigenvalue weighted by molar-refractivity contribution is 8.00. The normalized spacial score (nSPS) is 10.7. The Bertz CT molecular complexity index is 1320. The number of carbonyl (C=O) groups is 2. The van der Waals surface area contributed by atoms with Crippen LogP contribution < -0.4 is 10.6 Å². The van der Waals surface area contributed by atoms with Gasteiger partial charge in [-0.3, -0.25) is 9.59 Å². The van der Waals surface area contributed by atoms with Gasteiger partial charge >= 0.3 is 0 Å². The molecule has 0 saturated heterocycles. The summed E-state index contributed by atoms with van der Waals surface area (Å²) in [6, 6.07) is 20.1. The van der Waals surface area contributed by atoms with Crippen molar-refractivity contribution in [1.82, 2.24) is 4.98 Å². The molecule has 0 spiro atoms. The minimum atomic E-state index is -0.163. The van der Waals surface area contributed by atoms with Gasteiger partial charge in [-0.25, -0.2) is 4.98 Å². The zero-order chi connectivity index (χ0) is 24.1. The highest BCUT2D eigenvalue weighted by atomic mass is 35.5. The second-order valence-corrected chi connectivity index (χ2v) is 10.1. The van der Waals surface area contributed by atoms with Crippen LogP contribution in [0, 0.1) is 6.92 Å². The van der Waals surface area contributed by atoms with Crippen LogP contribution in [0.4, 0.5) is 10.8 Å². The number of nitrogens with zero attached hydrogens (tertiary/aromatic N) is 1. The van der Waals surface area contributed by atoms with Crippen molar-refractivity contribution in [2.24, 2.45) is 0 Å². The summed E-state index contributed by atoms with van der Waals surface area (Å²) in [5.74, 6) is -0.0863. The summed E-state index contributed by atoms with van der Waals surface area (Å²) in [5.41, 5.74) is 3.94. The molecule has 0 bridgehead atoms. The molecule has 9 heteroatoms. The summed E-state index contributed by atoms with van der Waals surface area (Å²) < 4.78 is 0. The number of carbonyl (C=O) groups excluding carboxylic acids is 2. The van der Waals surface area contributed by atoms with E-state index in [0.29, 0.717) is 26.4 Å². The Hall–Kier alpha value is -2.84. The van der Waals surface area contributed by atoms with E-state index in [4.69, 9.17) is 23.2 Å². The lowest BCUT2D eigenvalue weighted by Crippen LogP contribution is -2.13. The lowest BCUT2D eigenvalue weighted by atomic mass is 10.1. The molecule has 172 valence electrons. The fraction of sp³-hybridized carbons (Fsp3) is 0.0800. The molecule has 2 N–H and O–H groups in total. The summed E-state index contributed by atoms with van der Waals surface area (Å²) in [7, 11) is 0. The van der Waals surface area contributed by atoms with Gasteiger partial charge in [-0.1, -0.05) is 47.0 Å². The fourth-order valence-electron chi connectivity index (χ4n) is 2.97. The number of benzene rings is 3. The Kier molecular flexibility index (Phi) is 7.90. The number of rotatable bonds is 7. The molecule has 0 atom stereocenters. The number of aromatic nitrogens is 1. The summed E-state index contributed by atoms with van der Waals surface area (Å²) in [6.07, 6.45) is 0. The molecule has 0 aliphatic heterocycles. The van der Waals surface area contributed by atoms with Gasteiger partial charge in [0, 0.05) is 27.1 Å². The quantitative estimate of drug-likeness (QED) is 0.245. The van der Waals surface area contributed by atoms with Crippen LogP contribution >= 0.6 is 46.3 Å². The summed E-state index contributed by atoms with van der Waals surface area (Å²) >= 11 is 14.8. The van der Waals surface area contributed by atoms with Gasteiger partial charge < -0.3 is 10.6 Å². The molecule has 0 fully saturated rings. The molecule has 4 aromatic rings. The van der Waals surface area contributed by atoms with E-state index in [1.807, 2.05) is 54.8 Å². The first kappa shape index (κ1) is 24.3. The summed E-state index contributed by atoms with van der Waals surface area (Å²) in [4.78, 5) is 30.1. The van der Waals surface area contributed by atoms with E-state index in [9.17, 15) is 9.59 Å². The van der Waals surface area contributed by atoms with Gasteiger partial charge in [-0.15, -0.1) is 23.1 Å². The van der Waals surface area contributed by atoms with Crippen molar-refractivity contribution < 1.29 is 9.59 Å². The van der Waals surface area contributed by atoms with Crippen molar-refractivity contribution in [2.75, 3.05) is 16.4 Å². The standard InChI is InChI=1S/C25H19Cl2N3O2S2/c1-15-2-4-16(5-3-15)24(32)28-18-7-9-19(10-8-18)33-14-23(31)30-25-29-22(13-34-25)17-6-11-20(26)21(27)12-17/h2-13H,14H2,1H3,(H,28,32)(H,29,30,31). The van der Waals surface area contributed by atoms with Gasteiger partial charge in [0.05, 0.1) is 21.5 Å². The molecule has 0 saturated carbocycles. The van der Waals surface area contributed by atoms with E-state index in [-0.39, 0.29) is 17.6 Å². The van der Waals surface area contributed by atoms with Gasteiger partial charge in [-0.05, 0) is 55.5 Å². The monoisotopic (exact) mass is 527 g/mol. The molecule has 5 nitrogen and oxygen atoms in total. The predicted octanol–water partition coefficient (Wildman–Crippen LogP) is 7.41. The van der Waals surface area contributed by atoms with Gasteiger partial charge in [-0.2, -0.15) is 0 Å². The highest BCUT2D eigenvalue weighted by Gasteiger charge is 2.11. The van der Waals surface area contributed by atoms with Crippen molar-refractivity contribution in [3.05, 3.63) is 93.3 Å². The Morgan fingerprint density at radius 3 is 2.38 bits per heavy atom. The number of halogens is 2. The van der Waals surface area contributed by atoms with Crippen molar-refractivity contribution >= 4 is 68.9 Å². The molecule has 4 rings (SSSR count). The second kappa shape index (κ2) is 11.1. The van der Waals surface area contributed by atoms with Crippen LogP contribution in [-0.2, 0) is 4.79 Å². The lowest BCUT2D eigenvalue weighted by molar-refractivity contribution is -0.113. The van der Waals surface area contributed by atoms with E-state index in [0.717, 1.165) is 21.7 Å².